The van der Waals surface area contributed by atoms with Crippen LogP contribution < -0.4 is 31.8 Å². The van der Waals surface area contributed by atoms with Crippen LogP contribution in [0.5, 0.6) is 0 Å². The molecule has 6 aromatic rings. The van der Waals surface area contributed by atoms with Crippen molar-refractivity contribution in [2.45, 2.75) is 0 Å². The van der Waals surface area contributed by atoms with E-state index in [1.54, 1.807) is 0 Å². The van der Waals surface area contributed by atoms with E-state index in [0.717, 1.165) is 0 Å². The molecular formula is C36H35BOP2. The highest BCUT2D eigenvalue weighted by Gasteiger charge is 2.16. The Morgan fingerprint density at radius 1 is 0.225 bits per heavy atom. The van der Waals surface area contributed by atoms with E-state index in [4.69, 9.17) is 0 Å². The molecule has 40 heavy (non-hydrogen) atoms. The van der Waals surface area contributed by atoms with E-state index in [-0.39, 0.29) is 13.9 Å². The maximum Gasteiger partial charge on any atom is 0.0814 e. The lowest BCUT2D eigenvalue weighted by atomic mass is 10.4. The van der Waals surface area contributed by atoms with E-state index in [1.807, 2.05) is 0 Å². The van der Waals surface area contributed by atoms with Crippen LogP contribution in [0.25, 0.3) is 0 Å². The van der Waals surface area contributed by atoms with Gasteiger partial charge in [-0.2, -0.15) is 0 Å². The fourth-order valence-corrected chi connectivity index (χ4v) is 8.97. The SMILES string of the molecule is B.O.c1ccc(P(c2ccccc2)c2ccccc2)cc1.c1ccc(P(c2ccccc2)c2ccccc2)cc1. The first-order valence-electron chi connectivity index (χ1n) is 12.8. The third-order valence-electron chi connectivity index (χ3n) is 6.09. The Bertz CT molecular complexity index is 1180. The van der Waals surface area contributed by atoms with Crippen molar-refractivity contribution in [2.75, 3.05) is 0 Å². The zero-order valence-corrected chi connectivity index (χ0v) is 23.5. The van der Waals surface area contributed by atoms with Crippen molar-refractivity contribution in [3.63, 3.8) is 0 Å². The fraction of sp³-hybridized carbons (Fsp3) is 0. The van der Waals surface area contributed by atoms with Gasteiger partial charge in [-0.3, -0.25) is 0 Å². The Hall–Kier alpha value is -3.80. The maximum absolute atomic E-state index is 2.23. The number of hydrogen-bond acceptors (Lipinski definition) is 0. The van der Waals surface area contributed by atoms with Crippen LogP contribution in [0.3, 0.4) is 0 Å². The van der Waals surface area contributed by atoms with E-state index in [9.17, 15) is 0 Å². The quantitative estimate of drug-likeness (QED) is 0.207. The highest BCUT2D eigenvalue weighted by molar-refractivity contribution is 7.80. The second-order valence-corrected chi connectivity index (χ2v) is 13.1. The van der Waals surface area contributed by atoms with Gasteiger partial charge in [-0.25, -0.2) is 0 Å². The van der Waals surface area contributed by atoms with Gasteiger partial charge in [-0.05, 0) is 47.7 Å². The maximum atomic E-state index is 2.23. The predicted molar refractivity (Wildman–Crippen MR) is 184 cm³/mol. The van der Waals surface area contributed by atoms with Gasteiger partial charge in [-0.1, -0.05) is 182 Å². The average molecular weight is 556 g/mol. The predicted octanol–water partition coefficient (Wildman–Crippen LogP) is 4.88. The minimum atomic E-state index is -0.446. The van der Waals surface area contributed by atoms with Crippen LogP contribution in [0, 0.1) is 0 Å². The molecule has 0 atom stereocenters. The lowest BCUT2D eigenvalue weighted by Crippen LogP contribution is -2.20. The highest BCUT2D eigenvalue weighted by Crippen LogP contribution is 2.33. The number of rotatable bonds is 6. The van der Waals surface area contributed by atoms with Crippen LogP contribution in [0.2, 0.25) is 0 Å². The number of hydrogen-bond donors (Lipinski definition) is 0. The van der Waals surface area contributed by atoms with Crippen LogP contribution in [-0.2, 0) is 0 Å². The van der Waals surface area contributed by atoms with Gasteiger partial charge in [0, 0.05) is 0 Å². The summed E-state index contributed by atoms with van der Waals surface area (Å²) in [6.07, 6.45) is 0. The van der Waals surface area contributed by atoms with Gasteiger partial charge in [0.15, 0.2) is 0 Å². The second kappa shape index (κ2) is 16.3. The monoisotopic (exact) mass is 556 g/mol. The van der Waals surface area contributed by atoms with E-state index in [2.05, 4.69) is 182 Å². The fourth-order valence-electron chi connectivity index (χ4n) is 4.36. The molecule has 198 valence electrons. The summed E-state index contributed by atoms with van der Waals surface area (Å²) in [7, 11) is -0.892. The lowest BCUT2D eigenvalue weighted by molar-refractivity contribution is 0.824. The summed E-state index contributed by atoms with van der Waals surface area (Å²) in [6.45, 7) is 0. The molecule has 6 aromatic carbocycles. The van der Waals surface area contributed by atoms with Gasteiger partial charge in [0.25, 0.3) is 0 Å². The average Bonchev–Trinajstić information content (AvgIpc) is 3.01. The van der Waals surface area contributed by atoms with Gasteiger partial charge >= 0.3 is 0 Å². The molecular weight excluding hydrogens is 521 g/mol. The van der Waals surface area contributed by atoms with Crippen molar-refractivity contribution in [1.82, 2.24) is 0 Å². The van der Waals surface area contributed by atoms with E-state index in [0.29, 0.717) is 0 Å². The Morgan fingerprint density at radius 3 is 0.475 bits per heavy atom. The van der Waals surface area contributed by atoms with Gasteiger partial charge in [0.2, 0.25) is 0 Å². The third-order valence-corrected chi connectivity index (χ3v) is 11.0. The Kier molecular flexibility index (Phi) is 12.6. The van der Waals surface area contributed by atoms with Gasteiger partial charge in [0.1, 0.15) is 0 Å². The topological polar surface area (TPSA) is 31.5 Å². The molecule has 0 unspecified atom stereocenters. The first-order valence-corrected chi connectivity index (χ1v) is 15.5. The second-order valence-electron chi connectivity index (χ2n) is 8.68. The first kappa shape index (κ1) is 30.7. The summed E-state index contributed by atoms with van der Waals surface area (Å²) in [5.74, 6) is 0. The van der Waals surface area contributed by atoms with Crippen molar-refractivity contribution >= 4 is 56.1 Å². The molecule has 0 fully saturated rings. The van der Waals surface area contributed by atoms with Crippen LogP contribution >= 0.6 is 15.8 Å². The van der Waals surface area contributed by atoms with E-state index in [1.165, 1.54) is 31.8 Å². The summed E-state index contributed by atoms with van der Waals surface area (Å²) in [4.78, 5) is 0. The van der Waals surface area contributed by atoms with Gasteiger partial charge in [0.05, 0.1) is 8.41 Å². The molecule has 0 saturated carbocycles. The first-order chi connectivity index (χ1) is 18.9. The number of benzene rings is 6. The van der Waals surface area contributed by atoms with Gasteiger partial charge in [-0.15, -0.1) is 0 Å². The molecule has 0 radical (unpaired) electrons. The molecule has 0 heterocycles. The molecule has 6 rings (SSSR count). The molecule has 0 bridgehead atoms. The summed E-state index contributed by atoms with van der Waals surface area (Å²) in [6, 6.07) is 64.7. The Morgan fingerprint density at radius 2 is 0.350 bits per heavy atom. The normalized spacial score (nSPS) is 10.1. The van der Waals surface area contributed by atoms with Crippen molar-refractivity contribution < 1.29 is 5.48 Å². The summed E-state index contributed by atoms with van der Waals surface area (Å²) in [5.41, 5.74) is 0. The minimum Gasteiger partial charge on any atom is -0.412 e. The highest BCUT2D eigenvalue weighted by atomic mass is 31.1. The van der Waals surface area contributed by atoms with Crippen LogP contribution in [-0.4, -0.2) is 13.9 Å². The molecule has 0 aliphatic carbocycles. The zero-order valence-electron chi connectivity index (χ0n) is 21.7. The molecule has 2 N–H and O–H groups in total. The summed E-state index contributed by atoms with van der Waals surface area (Å²) < 4.78 is 0. The van der Waals surface area contributed by atoms with Crippen molar-refractivity contribution in [3.8, 4) is 0 Å². The molecule has 0 aliphatic heterocycles. The van der Waals surface area contributed by atoms with Crippen molar-refractivity contribution in [1.29, 1.82) is 0 Å². The van der Waals surface area contributed by atoms with Crippen LogP contribution in [0.1, 0.15) is 0 Å². The molecule has 0 aromatic heterocycles. The van der Waals surface area contributed by atoms with Crippen molar-refractivity contribution in [2.24, 2.45) is 0 Å². The smallest absolute Gasteiger partial charge is 0.0814 e. The summed E-state index contributed by atoms with van der Waals surface area (Å²) in [5, 5.41) is 8.39. The third kappa shape index (κ3) is 8.11. The molecule has 0 saturated heterocycles. The Labute approximate surface area is 243 Å². The summed E-state index contributed by atoms with van der Waals surface area (Å²) >= 11 is 0. The molecule has 4 heteroatoms. The van der Waals surface area contributed by atoms with Crippen molar-refractivity contribution in [3.05, 3.63) is 182 Å². The van der Waals surface area contributed by atoms with Crippen LogP contribution in [0.15, 0.2) is 182 Å². The standard InChI is InChI=1S/2C18H15P.BH3.H2O/c2*1-4-10-16(11-5-1)19(17-12-6-2-7-13-17)18-14-8-3-9-15-18;;/h2*1-15H;1H3;1H2. The van der Waals surface area contributed by atoms with Gasteiger partial charge < -0.3 is 5.48 Å². The largest absolute Gasteiger partial charge is 0.412 e. The molecule has 0 spiro atoms. The lowest BCUT2D eigenvalue weighted by Gasteiger charge is -2.18. The molecule has 0 aliphatic rings. The minimum absolute atomic E-state index is 0. The molecule has 1 nitrogen and oxygen atoms in total. The van der Waals surface area contributed by atoms with E-state index >= 15 is 0 Å². The molecule has 0 amide bonds. The van der Waals surface area contributed by atoms with E-state index < -0.39 is 15.8 Å². The van der Waals surface area contributed by atoms with Crippen LogP contribution in [0.4, 0.5) is 0 Å². The zero-order chi connectivity index (χ0) is 25.8. The Balaban J connectivity index is 0.000000210.